The van der Waals surface area contributed by atoms with Crippen molar-refractivity contribution in [2.75, 3.05) is 39.3 Å². The van der Waals surface area contributed by atoms with Gasteiger partial charge in [0.25, 0.3) is 0 Å². The molecule has 3 nitrogen and oxygen atoms in total. The van der Waals surface area contributed by atoms with Gasteiger partial charge in [-0.1, -0.05) is 0 Å². The average molecular weight is 370 g/mol. The van der Waals surface area contributed by atoms with Crippen molar-refractivity contribution >= 4 is 19.2 Å². The summed E-state index contributed by atoms with van der Waals surface area (Å²) >= 11 is -2.53. The molecular weight excluding hydrogens is 341 g/mol. The second-order valence-corrected chi connectivity index (χ2v) is 17.4. The summed E-state index contributed by atoms with van der Waals surface area (Å²) in [5.74, 6) is 0. The second kappa shape index (κ2) is 6.46. The van der Waals surface area contributed by atoms with Crippen molar-refractivity contribution in [3.63, 3.8) is 0 Å². The van der Waals surface area contributed by atoms with Crippen LogP contribution in [0.2, 0.25) is 4.44 Å². The molecule has 3 heterocycles. The molecule has 0 aliphatic carbocycles. The van der Waals surface area contributed by atoms with Gasteiger partial charge in [0, 0.05) is 0 Å². The molecule has 0 unspecified atom stereocenters. The number of hydrogen-bond acceptors (Lipinski definition) is 3. The normalized spacial score (nSPS) is 27.4. The fourth-order valence-electron chi connectivity index (χ4n) is 4.41. The molecule has 0 atom stereocenters. The molecule has 0 saturated carbocycles. The van der Waals surface area contributed by atoms with E-state index < -0.39 is 19.2 Å². The molecule has 3 aliphatic rings. The van der Waals surface area contributed by atoms with E-state index in [0.717, 1.165) is 0 Å². The van der Waals surface area contributed by atoms with Gasteiger partial charge < -0.3 is 0 Å². The Morgan fingerprint density at radius 1 is 0.684 bits per heavy atom. The van der Waals surface area contributed by atoms with Gasteiger partial charge in [-0.25, -0.2) is 0 Å². The van der Waals surface area contributed by atoms with E-state index in [-0.39, 0.29) is 0 Å². The summed E-state index contributed by atoms with van der Waals surface area (Å²) in [6.45, 7) is 12.4. The van der Waals surface area contributed by atoms with Crippen LogP contribution in [0, 0.1) is 0 Å². The molecule has 0 aromatic carbocycles. The maximum atomic E-state index is 4.13. The van der Waals surface area contributed by atoms with E-state index in [4.69, 9.17) is 0 Å². The van der Waals surface area contributed by atoms with Crippen LogP contribution in [0.15, 0.2) is 12.7 Å². The van der Waals surface area contributed by atoms with Gasteiger partial charge in [0.15, 0.2) is 0 Å². The SMILES string of the molecule is C=C[CH2][Sn]([N]1CCCC1)([N]1CCCC1)[N]1CCCC1. The molecule has 0 aromatic heterocycles. The molecule has 4 heteroatoms. The monoisotopic (exact) mass is 371 g/mol. The third-order valence-electron chi connectivity index (χ3n) is 5.26. The molecule has 0 aromatic rings. The molecule has 3 fully saturated rings. The first kappa shape index (κ1) is 14.4. The molecule has 0 N–H and O–H groups in total. The predicted octanol–water partition coefficient (Wildman–Crippen LogP) is 2.40. The van der Waals surface area contributed by atoms with Crippen LogP contribution < -0.4 is 0 Å². The van der Waals surface area contributed by atoms with Crippen molar-refractivity contribution in [3.8, 4) is 0 Å². The molecular formula is C15H29N3Sn. The fourth-order valence-corrected chi connectivity index (χ4v) is 20.0. The van der Waals surface area contributed by atoms with Crippen LogP contribution in [-0.2, 0) is 0 Å². The van der Waals surface area contributed by atoms with Gasteiger partial charge in [-0.05, 0) is 0 Å². The molecule has 0 bridgehead atoms. The van der Waals surface area contributed by atoms with Crippen LogP contribution in [0.25, 0.3) is 0 Å². The molecule has 0 spiro atoms. The van der Waals surface area contributed by atoms with Gasteiger partial charge in [0.05, 0.1) is 0 Å². The molecule has 3 rings (SSSR count). The van der Waals surface area contributed by atoms with Crippen molar-refractivity contribution in [3.05, 3.63) is 12.7 Å². The summed E-state index contributed by atoms with van der Waals surface area (Å²) < 4.78 is 10.3. The van der Waals surface area contributed by atoms with Gasteiger partial charge in [0.2, 0.25) is 0 Å². The Bertz CT molecular complexity index is 262. The minimum atomic E-state index is -2.53. The van der Waals surface area contributed by atoms with Crippen LogP contribution in [0.5, 0.6) is 0 Å². The Morgan fingerprint density at radius 3 is 1.26 bits per heavy atom. The Hall–Kier alpha value is 0.419. The standard InChI is InChI=1S/3C4H8N.C3H5.Sn/c3*1-2-4-5-3-1;1-3-2;/h3*1-4H2;3H,1-2H2;/q3*-1;;+3. The molecule has 108 valence electrons. The van der Waals surface area contributed by atoms with E-state index in [2.05, 4.69) is 22.0 Å². The van der Waals surface area contributed by atoms with Crippen molar-refractivity contribution < 1.29 is 0 Å². The first-order valence-electron chi connectivity index (χ1n) is 8.24. The van der Waals surface area contributed by atoms with Crippen molar-refractivity contribution in [2.24, 2.45) is 0 Å². The molecule has 3 saturated heterocycles. The summed E-state index contributed by atoms with van der Waals surface area (Å²) in [5, 5.41) is 0. The van der Waals surface area contributed by atoms with Gasteiger partial charge in [-0.2, -0.15) is 0 Å². The van der Waals surface area contributed by atoms with Gasteiger partial charge in [-0.3, -0.25) is 0 Å². The molecule has 0 amide bonds. The number of nitrogens with zero attached hydrogens (tertiary/aromatic N) is 3. The quantitative estimate of drug-likeness (QED) is 0.544. The molecule has 19 heavy (non-hydrogen) atoms. The summed E-state index contributed by atoms with van der Waals surface area (Å²) in [4.78, 5) is 0. The molecule has 3 aliphatic heterocycles. The summed E-state index contributed by atoms with van der Waals surface area (Å²) in [6.07, 6.45) is 10.8. The Balaban J connectivity index is 1.90. The Morgan fingerprint density at radius 2 is 1.00 bits per heavy atom. The minimum absolute atomic E-state index is 1.31. The summed E-state index contributed by atoms with van der Waals surface area (Å²) in [5.41, 5.74) is 0. The molecule has 0 radical (unpaired) electrons. The summed E-state index contributed by atoms with van der Waals surface area (Å²) in [6, 6.07) is 0. The third-order valence-corrected chi connectivity index (χ3v) is 20.1. The van der Waals surface area contributed by atoms with Crippen molar-refractivity contribution in [2.45, 2.75) is 43.0 Å². The van der Waals surface area contributed by atoms with Crippen LogP contribution in [0.4, 0.5) is 0 Å². The number of rotatable bonds is 5. The van der Waals surface area contributed by atoms with E-state index in [1.165, 1.54) is 82.2 Å². The fraction of sp³-hybridized carbons (Fsp3) is 0.867. The van der Waals surface area contributed by atoms with Crippen LogP contribution in [-0.4, -0.2) is 67.8 Å². The van der Waals surface area contributed by atoms with E-state index >= 15 is 0 Å². The Kier molecular flexibility index (Phi) is 4.88. The first-order chi connectivity index (χ1) is 9.38. The zero-order valence-electron chi connectivity index (χ0n) is 12.3. The third kappa shape index (κ3) is 2.63. The topological polar surface area (TPSA) is 9.72 Å². The van der Waals surface area contributed by atoms with E-state index in [1.54, 1.807) is 0 Å². The first-order valence-corrected chi connectivity index (χ1v) is 14.1. The number of hydrogen-bond donors (Lipinski definition) is 0. The summed E-state index contributed by atoms with van der Waals surface area (Å²) in [7, 11) is 0. The Labute approximate surface area is 123 Å². The van der Waals surface area contributed by atoms with E-state index in [1.807, 2.05) is 0 Å². The predicted molar refractivity (Wildman–Crippen MR) is 83.2 cm³/mol. The van der Waals surface area contributed by atoms with Crippen LogP contribution >= 0.6 is 0 Å². The van der Waals surface area contributed by atoms with Crippen LogP contribution in [0.1, 0.15) is 38.5 Å². The van der Waals surface area contributed by atoms with Gasteiger partial charge in [0.1, 0.15) is 0 Å². The average Bonchev–Trinajstić information content (AvgIpc) is 3.18. The second-order valence-electron chi connectivity index (χ2n) is 6.35. The number of allylic oxidation sites excluding steroid dienone is 1. The zero-order valence-corrected chi connectivity index (χ0v) is 15.2. The van der Waals surface area contributed by atoms with Gasteiger partial charge >= 0.3 is 123 Å². The maximum absolute atomic E-state index is 4.13. The van der Waals surface area contributed by atoms with Gasteiger partial charge in [-0.15, -0.1) is 0 Å². The zero-order chi connectivity index (χ0) is 13.1. The van der Waals surface area contributed by atoms with E-state index in [9.17, 15) is 0 Å². The van der Waals surface area contributed by atoms with Crippen molar-refractivity contribution in [1.29, 1.82) is 0 Å². The van der Waals surface area contributed by atoms with Crippen LogP contribution in [0.3, 0.4) is 0 Å². The van der Waals surface area contributed by atoms with Crippen molar-refractivity contribution in [1.82, 2.24) is 9.36 Å². The van der Waals surface area contributed by atoms with E-state index in [0.29, 0.717) is 0 Å².